The van der Waals surface area contributed by atoms with Crippen molar-refractivity contribution in [3.63, 3.8) is 0 Å². The summed E-state index contributed by atoms with van der Waals surface area (Å²) in [5, 5.41) is -4.37. The van der Waals surface area contributed by atoms with Crippen LogP contribution in [0, 0.1) is 0 Å². The van der Waals surface area contributed by atoms with Gasteiger partial charge in [-0.05, 0) is 11.6 Å². The normalized spacial score (nSPS) is 21.3. The molecule has 0 aromatic rings. The monoisotopic (exact) mass is 432 g/mol. The zero-order chi connectivity index (χ0) is 15.2. The summed E-state index contributed by atoms with van der Waals surface area (Å²) in [7, 11) is 0. The van der Waals surface area contributed by atoms with E-state index in [4.69, 9.17) is 58.0 Å². The van der Waals surface area contributed by atoms with Crippen molar-refractivity contribution in [3.8, 4) is 0 Å². The molecule has 0 amide bonds. The SMILES string of the molecule is FC(Cl)(Cl)C(F)(Cl)OC(F)(C(F)(Cl)Cl)C(Cl)(Cl)Cl. The summed E-state index contributed by atoms with van der Waals surface area (Å²) in [5.74, 6) is -4.44. The minimum atomic E-state index is -4.44. The third-order valence-electron chi connectivity index (χ3n) is 1.33. The Morgan fingerprint density at radius 1 is 0.611 bits per heavy atom. The van der Waals surface area contributed by atoms with E-state index in [0.29, 0.717) is 0 Å². The molecule has 0 rings (SSSR count). The summed E-state index contributed by atoms with van der Waals surface area (Å²) in [4.78, 5) is 0. The molecule has 0 bridgehead atoms. The number of halogens is 12. The van der Waals surface area contributed by atoms with E-state index < -0.39 is 24.1 Å². The highest BCUT2D eigenvalue weighted by Crippen LogP contribution is 2.57. The third kappa shape index (κ3) is 4.25. The molecule has 18 heavy (non-hydrogen) atoms. The first-order valence-corrected chi connectivity index (χ1v) is 6.45. The fourth-order valence-electron chi connectivity index (χ4n) is 0.511. The Kier molecular flexibility index (Phi) is 6.28. The van der Waals surface area contributed by atoms with Gasteiger partial charge in [-0.3, -0.25) is 4.74 Å². The zero-order valence-electron chi connectivity index (χ0n) is 7.44. The van der Waals surface area contributed by atoms with E-state index in [9.17, 15) is 17.6 Å². The first kappa shape index (κ1) is 20.0. The molecule has 13 heteroatoms. The molecule has 0 radical (unpaired) electrons. The molecule has 2 atom stereocenters. The lowest BCUT2D eigenvalue weighted by Gasteiger charge is -2.39. The molecule has 0 aliphatic carbocycles. The average molecular weight is 436 g/mol. The quantitative estimate of drug-likeness (QED) is 0.383. The predicted octanol–water partition coefficient (Wildman–Crippen LogP) is 6.10. The van der Waals surface area contributed by atoms with Crippen LogP contribution in [0.25, 0.3) is 0 Å². The van der Waals surface area contributed by atoms with Gasteiger partial charge in [0.05, 0.1) is 0 Å². The van der Waals surface area contributed by atoms with Crippen LogP contribution >= 0.6 is 92.8 Å². The van der Waals surface area contributed by atoms with Crippen molar-refractivity contribution in [2.75, 3.05) is 0 Å². The summed E-state index contributed by atoms with van der Waals surface area (Å²) < 4.78 is 45.3. The molecular formula is C5Cl8F4O. The molecule has 0 aromatic carbocycles. The molecule has 110 valence electrons. The van der Waals surface area contributed by atoms with Gasteiger partial charge in [0.25, 0.3) is 3.79 Å². The predicted molar refractivity (Wildman–Crippen MR) is 66.0 cm³/mol. The molecule has 0 saturated heterocycles. The van der Waals surface area contributed by atoms with Gasteiger partial charge in [0, 0.05) is 0 Å². The van der Waals surface area contributed by atoms with Crippen LogP contribution in [-0.4, -0.2) is 24.1 Å². The van der Waals surface area contributed by atoms with Gasteiger partial charge in [-0.2, -0.15) is 8.78 Å². The van der Waals surface area contributed by atoms with Crippen LogP contribution in [0.4, 0.5) is 17.6 Å². The maximum absolute atomic E-state index is 14.0. The van der Waals surface area contributed by atoms with Gasteiger partial charge < -0.3 is 0 Å². The van der Waals surface area contributed by atoms with E-state index in [2.05, 4.69) is 39.5 Å². The third-order valence-corrected chi connectivity index (χ3v) is 3.56. The molecule has 0 N–H and O–H groups in total. The van der Waals surface area contributed by atoms with Crippen LogP contribution in [0.2, 0.25) is 0 Å². The average Bonchev–Trinajstić information content (AvgIpc) is 1.95. The fourth-order valence-corrected chi connectivity index (χ4v) is 1.85. The lowest BCUT2D eigenvalue weighted by Crippen LogP contribution is -2.58. The molecule has 0 aromatic heterocycles. The Labute approximate surface area is 138 Å². The van der Waals surface area contributed by atoms with Crippen LogP contribution in [0.5, 0.6) is 0 Å². The minimum Gasteiger partial charge on any atom is -0.283 e. The number of hydrogen-bond acceptors (Lipinski definition) is 1. The van der Waals surface area contributed by atoms with Gasteiger partial charge in [0.1, 0.15) is 0 Å². The van der Waals surface area contributed by atoms with Crippen LogP contribution in [0.3, 0.4) is 0 Å². The van der Waals surface area contributed by atoms with Gasteiger partial charge in [-0.1, -0.05) is 81.2 Å². The van der Waals surface area contributed by atoms with Crippen molar-refractivity contribution in [1.29, 1.82) is 0 Å². The Morgan fingerprint density at radius 3 is 1.11 bits per heavy atom. The number of alkyl halides is 12. The lowest BCUT2D eigenvalue weighted by atomic mass is 10.3. The second-order valence-electron chi connectivity index (χ2n) is 2.71. The molecule has 1 nitrogen and oxygen atoms in total. The van der Waals surface area contributed by atoms with Crippen LogP contribution in [0.1, 0.15) is 0 Å². The molecule has 0 spiro atoms. The summed E-state index contributed by atoms with van der Waals surface area (Å²) in [6.07, 6.45) is 0. The Hall–Kier alpha value is 2.00. The first-order chi connectivity index (χ1) is 7.46. The van der Waals surface area contributed by atoms with Crippen LogP contribution in [0.15, 0.2) is 0 Å². The Balaban J connectivity index is 5.58. The van der Waals surface area contributed by atoms with Crippen molar-refractivity contribution < 1.29 is 22.3 Å². The highest BCUT2D eigenvalue weighted by Gasteiger charge is 2.71. The van der Waals surface area contributed by atoms with E-state index in [0.717, 1.165) is 0 Å². The number of hydrogen-bond donors (Lipinski definition) is 0. The molecule has 0 heterocycles. The number of ether oxygens (including phenoxy) is 1. The van der Waals surface area contributed by atoms with Crippen molar-refractivity contribution in [2.45, 2.75) is 24.1 Å². The second kappa shape index (κ2) is 5.65. The van der Waals surface area contributed by atoms with Gasteiger partial charge >= 0.3 is 20.3 Å². The summed E-state index contributed by atoms with van der Waals surface area (Å²) in [6.45, 7) is 0. The molecule has 2 unspecified atom stereocenters. The number of rotatable bonds is 4. The van der Waals surface area contributed by atoms with Crippen LogP contribution < -0.4 is 0 Å². The van der Waals surface area contributed by atoms with Gasteiger partial charge in [0.2, 0.25) is 0 Å². The van der Waals surface area contributed by atoms with E-state index >= 15 is 0 Å². The fraction of sp³-hybridized carbons (Fsp3) is 1.00. The topological polar surface area (TPSA) is 9.23 Å². The molecular weight excluding hydrogens is 436 g/mol. The second-order valence-corrected chi connectivity index (χ2v) is 7.94. The van der Waals surface area contributed by atoms with E-state index in [1.807, 2.05) is 0 Å². The zero-order valence-corrected chi connectivity index (χ0v) is 13.5. The summed E-state index contributed by atoms with van der Waals surface area (Å²) >= 11 is 38.2. The van der Waals surface area contributed by atoms with E-state index in [1.54, 1.807) is 0 Å². The van der Waals surface area contributed by atoms with Crippen molar-refractivity contribution in [3.05, 3.63) is 0 Å². The largest absolute Gasteiger partial charge is 0.353 e. The summed E-state index contributed by atoms with van der Waals surface area (Å²) in [5.41, 5.74) is 0. The molecule has 0 aliphatic heterocycles. The van der Waals surface area contributed by atoms with Gasteiger partial charge in [-0.25, -0.2) is 8.78 Å². The molecule has 0 aliphatic rings. The maximum Gasteiger partial charge on any atom is 0.353 e. The van der Waals surface area contributed by atoms with Crippen molar-refractivity contribution in [2.24, 2.45) is 0 Å². The molecule has 0 fully saturated rings. The Morgan fingerprint density at radius 2 is 0.944 bits per heavy atom. The smallest absolute Gasteiger partial charge is 0.283 e. The highest BCUT2D eigenvalue weighted by atomic mass is 35.6. The lowest BCUT2D eigenvalue weighted by molar-refractivity contribution is -0.270. The minimum absolute atomic E-state index is 3.41. The maximum atomic E-state index is 14.0. The van der Waals surface area contributed by atoms with E-state index in [-0.39, 0.29) is 0 Å². The first-order valence-electron chi connectivity index (χ1n) is 3.43. The van der Waals surface area contributed by atoms with Crippen LogP contribution in [-0.2, 0) is 4.74 Å². The van der Waals surface area contributed by atoms with Gasteiger partial charge in [-0.15, -0.1) is 0 Å². The standard InChI is InChI=1S/C5Cl8F4O/c6-2(7,8)1(14,3(9,10)15)18-5(13,17)4(11,12)16. The Bertz CT molecular complexity index is 290. The van der Waals surface area contributed by atoms with Gasteiger partial charge in [0.15, 0.2) is 0 Å². The van der Waals surface area contributed by atoms with Crippen molar-refractivity contribution >= 4 is 92.8 Å². The van der Waals surface area contributed by atoms with E-state index in [1.165, 1.54) is 0 Å². The highest BCUT2D eigenvalue weighted by molar-refractivity contribution is 6.69. The molecule has 0 saturated carbocycles. The van der Waals surface area contributed by atoms with Crippen molar-refractivity contribution in [1.82, 2.24) is 0 Å². The summed E-state index contributed by atoms with van der Waals surface area (Å²) in [6, 6.07) is 0.